The third kappa shape index (κ3) is 3.42. The van der Waals surface area contributed by atoms with Gasteiger partial charge in [-0.15, -0.1) is 0 Å². The van der Waals surface area contributed by atoms with Gasteiger partial charge in [0, 0.05) is 31.4 Å². The summed E-state index contributed by atoms with van der Waals surface area (Å²) in [6.45, 7) is 2.94. The molecule has 0 aliphatic heterocycles. The van der Waals surface area contributed by atoms with E-state index in [0.29, 0.717) is 6.42 Å². The first kappa shape index (κ1) is 14.7. The lowest BCUT2D eigenvalue weighted by molar-refractivity contribution is 0.499. The number of imidazole rings is 1. The molecule has 1 heterocycles. The average molecular weight is 279 g/mol. The largest absolute Gasteiger partial charge is 0.335 e. The van der Waals surface area contributed by atoms with Crippen molar-refractivity contribution in [2.75, 3.05) is 7.05 Å². The molecule has 0 fully saturated rings. The summed E-state index contributed by atoms with van der Waals surface area (Å²) in [5, 5.41) is 3.20. The lowest BCUT2D eigenvalue weighted by atomic mass is 10.0. The molecule has 0 spiro atoms. The van der Waals surface area contributed by atoms with Gasteiger partial charge in [0.15, 0.2) is 11.6 Å². The molecule has 5 heteroatoms. The highest BCUT2D eigenvalue weighted by atomic mass is 19.2. The van der Waals surface area contributed by atoms with E-state index in [1.54, 1.807) is 12.3 Å². The minimum atomic E-state index is -0.809. The highest BCUT2D eigenvalue weighted by Crippen LogP contribution is 2.12. The van der Waals surface area contributed by atoms with E-state index in [0.717, 1.165) is 24.4 Å². The monoisotopic (exact) mass is 279 g/mol. The minimum Gasteiger partial charge on any atom is -0.335 e. The van der Waals surface area contributed by atoms with Gasteiger partial charge in [0.2, 0.25) is 0 Å². The van der Waals surface area contributed by atoms with Crippen molar-refractivity contribution in [1.29, 1.82) is 0 Å². The fourth-order valence-electron chi connectivity index (χ4n) is 2.27. The summed E-state index contributed by atoms with van der Waals surface area (Å²) < 4.78 is 28.2. The van der Waals surface area contributed by atoms with E-state index in [1.807, 2.05) is 13.2 Å². The first-order valence-corrected chi connectivity index (χ1v) is 6.75. The Hall–Kier alpha value is -1.75. The molecule has 0 radical (unpaired) electrons. The van der Waals surface area contributed by atoms with Crippen molar-refractivity contribution in [3.8, 4) is 0 Å². The summed E-state index contributed by atoms with van der Waals surface area (Å²) in [6.07, 6.45) is 5.10. The van der Waals surface area contributed by atoms with Crippen molar-refractivity contribution in [1.82, 2.24) is 14.9 Å². The van der Waals surface area contributed by atoms with Crippen LogP contribution in [0.2, 0.25) is 0 Å². The molecule has 1 N–H and O–H groups in total. The Morgan fingerprint density at radius 2 is 2.05 bits per heavy atom. The predicted octanol–water partition coefficient (Wildman–Crippen LogP) is 2.55. The second kappa shape index (κ2) is 6.61. The Balaban J connectivity index is 2.07. The first-order valence-electron chi connectivity index (χ1n) is 6.75. The number of hydrogen-bond donors (Lipinski definition) is 1. The molecule has 0 aliphatic carbocycles. The van der Waals surface area contributed by atoms with E-state index in [9.17, 15) is 8.78 Å². The second-order valence-corrected chi connectivity index (χ2v) is 4.77. The summed E-state index contributed by atoms with van der Waals surface area (Å²) in [5.74, 6) is -0.613. The molecule has 0 bridgehead atoms. The average Bonchev–Trinajstić information content (AvgIpc) is 2.89. The van der Waals surface area contributed by atoms with E-state index in [2.05, 4.69) is 21.8 Å². The van der Waals surface area contributed by atoms with E-state index >= 15 is 0 Å². The Bertz CT molecular complexity index is 566. The van der Waals surface area contributed by atoms with Crippen molar-refractivity contribution in [3.05, 3.63) is 53.6 Å². The van der Waals surface area contributed by atoms with Gasteiger partial charge in [0.05, 0.1) is 0 Å². The van der Waals surface area contributed by atoms with Crippen LogP contribution in [0.25, 0.3) is 0 Å². The molecule has 0 saturated heterocycles. The maximum atomic E-state index is 13.2. The fraction of sp³-hybridized carbons (Fsp3) is 0.400. The summed E-state index contributed by atoms with van der Waals surface area (Å²) in [4.78, 5) is 4.34. The van der Waals surface area contributed by atoms with Gasteiger partial charge in [-0.2, -0.15) is 0 Å². The molecule has 0 amide bonds. The number of aromatic nitrogens is 2. The first-order chi connectivity index (χ1) is 9.63. The molecule has 108 valence electrons. The highest BCUT2D eigenvalue weighted by molar-refractivity contribution is 5.19. The van der Waals surface area contributed by atoms with Crippen molar-refractivity contribution >= 4 is 0 Å². The maximum Gasteiger partial charge on any atom is 0.159 e. The smallest absolute Gasteiger partial charge is 0.159 e. The molecule has 1 aromatic carbocycles. The van der Waals surface area contributed by atoms with Crippen LogP contribution in [0.3, 0.4) is 0 Å². The summed E-state index contributed by atoms with van der Waals surface area (Å²) in [6, 6.07) is 4.18. The zero-order valence-electron chi connectivity index (χ0n) is 11.7. The predicted molar refractivity (Wildman–Crippen MR) is 74.5 cm³/mol. The van der Waals surface area contributed by atoms with Crippen LogP contribution in [-0.4, -0.2) is 22.6 Å². The van der Waals surface area contributed by atoms with Crippen LogP contribution in [0, 0.1) is 11.6 Å². The van der Waals surface area contributed by atoms with Gasteiger partial charge >= 0.3 is 0 Å². The van der Waals surface area contributed by atoms with Crippen molar-refractivity contribution < 1.29 is 8.78 Å². The van der Waals surface area contributed by atoms with E-state index in [-0.39, 0.29) is 6.04 Å². The fourth-order valence-corrected chi connectivity index (χ4v) is 2.27. The molecule has 1 unspecified atom stereocenters. The van der Waals surface area contributed by atoms with Gasteiger partial charge in [-0.25, -0.2) is 13.8 Å². The molecule has 1 aromatic heterocycles. The third-order valence-corrected chi connectivity index (χ3v) is 3.45. The Kier molecular flexibility index (Phi) is 4.84. The lowest BCUT2D eigenvalue weighted by Gasteiger charge is -2.16. The highest BCUT2D eigenvalue weighted by Gasteiger charge is 2.13. The van der Waals surface area contributed by atoms with E-state index < -0.39 is 11.6 Å². The second-order valence-electron chi connectivity index (χ2n) is 4.77. The van der Waals surface area contributed by atoms with Crippen molar-refractivity contribution in [2.45, 2.75) is 32.4 Å². The molecular formula is C15H19F2N3. The van der Waals surface area contributed by atoms with Crippen LogP contribution >= 0.6 is 0 Å². The van der Waals surface area contributed by atoms with Crippen LogP contribution in [0.15, 0.2) is 30.6 Å². The number of aryl methyl sites for hydroxylation is 1. The van der Waals surface area contributed by atoms with Gasteiger partial charge in [-0.1, -0.05) is 6.07 Å². The van der Waals surface area contributed by atoms with E-state index in [4.69, 9.17) is 0 Å². The third-order valence-electron chi connectivity index (χ3n) is 3.45. The van der Waals surface area contributed by atoms with Crippen LogP contribution in [0.1, 0.15) is 18.3 Å². The molecular weight excluding hydrogens is 260 g/mol. The van der Waals surface area contributed by atoms with Crippen LogP contribution in [-0.2, 0) is 19.4 Å². The maximum absolute atomic E-state index is 13.2. The Morgan fingerprint density at radius 1 is 1.25 bits per heavy atom. The summed E-state index contributed by atoms with van der Waals surface area (Å²) in [7, 11) is 1.86. The molecule has 3 nitrogen and oxygen atoms in total. The van der Waals surface area contributed by atoms with Gasteiger partial charge in [-0.3, -0.25) is 0 Å². The number of likely N-dealkylation sites (N-methyl/N-ethyl adjacent to an activating group) is 1. The number of hydrogen-bond acceptors (Lipinski definition) is 2. The van der Waals surface area contributed by atoms with Crippen molar-refractivity contribution in [2.24, 2.45) is 0 Å². The molecule has 1 atom stereocenters. The van der Waals surface area contributed by atoms with Crippen LogP contribution in [0.5, 0.6) is 0 Å². The minimum absolute atomic E-state index is 0.132. The zero-order valence-corrected chi connectivity index (χ0v) is 11.7. The number of halogens is 2. The van der Waals surface area contributed by atoms with Gasteiger partial charge in [0.1, 0.15) is 5.82 Å². The topological polar surface area (TPSA) is 29.9 Å². The van der Waals surface area contributed by atoms with Gasteiger partial charge in [-0.05, 0) is 38.1 Å². The number of nitrogens with one attached hydrogen (secondary N) is 1. The summed E-state index contributed by atoms with van der Waals surface area (Å²) in [5.41, 5.74) is 0.776. The zero-order chi connectivity index (χ0) is 14.5. The van der Waals surface area contributed by atoms with Crippen LogP contribution < -0.4 is 5.32 Å². The number of nitrogens with zero attached hydrogens (tertiary/aromatic N) is 2. The normalized spacial score (nSPS) is 12.6. The quantitative estimate of drug-likeness (QED) is 0.880. The number of benzene rings is 1. The standard InChI is InChI=1S/C15H19F2N3/c1-3-20-7-6-19-15(20)10-12(18-2)8-11-4-5-13(16)14(17)9-11/h4-7,9,12,18H,3,8,10H2,1-2H3. The molecule has 0 saturated carbocycles. The van der Waals surface area contributed by atoms with Crippen molar-refractivity contribution in [3.63, 3.8) is 0 Å². The Labute approximate surface area is 117 Å². The number of rotatable bonds is 6. The summed E-state index contributed by atoms with van der Waals surface area (Å²) >= 11 is 0. The van der Waals surface area contributed by atoms with E-state index in [1.165, 1.54) is 12.1 Å². The molecule has 2 rings (SSSR count). The Morgan fingerprint density at radius 3 is 2.70 bits per heavy atom. The lowest BCUT2D eigenvalue weighted by Crippen LogP contribution is -2.31. The molecule has 2 aromatic rings. The van der Waals surface area contributed by atoms with Gasteiger partial charge in [0.25, 0.3) is 0 Å². The van der Waals surface area contributed by atoms with Crippen LogP contribution in [0.4, 0.5) is 8.78 Å². The SMILES string of the molecule is CCn1ccnc1CC(Cc1ccc(F)c(F)c1)NC. The molecule has 20 heavy (non-hydrogen) atoms. The van der Waals surface area contributed by atoms with Gasteiger partial charge < -0.3 is 9.88 Å². The molecule has 0 aliphatic rings.